The predicted molar refractivity (Wildman–Crippen MR) is 184 cm³/mol. The van der Waals surface area contributed by atoms with Gasteiger partial charge >= 0.3 is 0 Å². The van der Waals surface area contributed by atoms with Crippen LogP contribution in [0.25, 0.3) is 22.3 Å². The Labute approximate surface area is 265 Å². The maximum absolute atomic E-state index is 4.96. The van der Waals surface area contributed by atoms with E-state index in [1.807, 2.05) is 12.4 Å². The Kier molecular flexibility index (Phi) is 7.20. The summed E-state index contributed by atoms with van der Waals surface area (Å²) in [4.78, 5) is 19.1. The number of nitrogens with zero attached hydrogens (tertiary/aromatic N) is 4. The Morgan fingerprint density at radius 2 is 1.16 bits per heavy atom. The third-order valence-electron chi connectivity index (χ3n) is 11.1. The standard InChI is InChI=1S/C38H38N4P2/c43-24-37(29-16-25-15-26(18-29)19-30(37)17-25)33-20-31(27-7-3-1-4-8-27)32(28-9-5-2-6-10-28)21-34(33)38(44,35-22-39-11-13-41-35)36-23-40-12-14-42-36/h1-14,20-23,25-26,29-30H,15-19,24,43-44H2. The third-order valence-corrected chi connectivity index (χ3v) is 12.7. The van der Waals surface area contributed by atoms with Crippen molar-refractivity contribution in [3.63, 3.8) is 0 Å². The van der Waals surface area contributed by atoms with Crippen LogP contribution in [0.5, 0.6) is 0 Å². The summed E-state index contributed by atoms with van der Waals surface area (Å²) in [6, 6.07) is 26.8. The van der Waals surface area contributed by atoms with Crippen LogP contribution in [0.2, 0.25) is 0 Å². The van der Waals surface area contributed by atoms with Gasteiger partial charge in [-0.2, -0.15) is 0 Å². The Bertz CT molecular complexity index is 1700. The second kappa shape index (κ2) is 11.2. The van der Waals surface area contributed by atoms with E-state index in [4.69, 9.17) is 9.97 Å². The van der Waals surface area contributed by atoms with Crippen LogP contribution >= 0.6 is 18.5 Å². The molecule has 0 N–H and O–H groups in total. The monoisotopic (exact) mass is 612 g/mol. The van der Waals surface area contributed by atoms with Gasteiger partial charge in [-0.25, -0.2) is 0 Å². The molecule has 4 saturated carbocycles. The first-order valence-electron chi connectivity index (χ1n) is 15.9. The molecule has 220 valence electrons. The van der Waals surface area contributed by atoms with Gasteiger partial charge in [-0.05, 0) is 107 Å². The topological polar surface area (TPSA) is 51.6 Å². The lowest BCUT2D eigenvalue weighted by atomic mass is 9.43. The minimum absolute atomic E-state index is 0.0540. The van der Waals surface area contributed by atoms with Gasteiger partial charge in [0.25, 0.3) is 0 Å². The van der Waals surface area contributed by atoms with E-state index in [-0.39, 0.29) is 5.41 Å². The lowest BCUT2D eigenvalue weighted by Crippen LogP contribution is -2.57. The van der Waals surface area contributed by atoms with Crippen molar-refractivity contribution in [1.82, 2.24) is 19.9 Å². The van der Waals surface area contributed by atoms with Crippen molar-refractivity contribution in [3.05, 3.63) is 132 Å². The van der Waals surface area contributed by atoms with E-state index >= 15 is 0 Å². The molecule has 2 aromatic heterocycles. The molecule has 2 atom stereocenters. The van der Waals surface area contributed by atoms with Crippen LogP contribution in [-0.4, -0.2) is 26.1 Å². The van der Waals surface area contributed by atoms with Crippen molar-refractivity contribution in [2.24, 2.45) is 23.7 Å². The van der Waals surface area contributed by atoms with Crippen molar-refractivity contribution < 1.29 is 0 Å². The molecule has 4 aliphatic rings. The number of benzene rings is 3. The molecule has 4 fully saturated rings. The molecule has 5 aromatic rings. The van der Waals surface area contributed by atoms with Crippen LogP contribution in [0, 0.1) is 23.7 Å². The van der Waals surface area contributed by atoms with Crippen molar-refractivity contribution in [2.75, 3.05) is 6.16 Å². The quantitative estimate of drug-likeness (QED) is 0.174. The molecule has 0 aliphatic heterocycles. The Balaban J connectivity index is 1.49. The molecule has 0 radical (unpaired) electrons. The molecule has 0 amide bonds. The molecule has 0 saturated heterocycles. The van der Waals surface area contributed by atoms with Gasteiger partial charge in [-0.1, -0.05) is 60.7 Å². The second-order valence-electron chi connectivity index (χ2n) is 13.2. The molecule has 2 unspecified atom stereocenters. The van der Waals surface area contributed by atoms with E-state index in [9.17, 15) is 0 Å². The summed E-state index contributed by atoms with van der Waals surface area (Å²) in [7, 11) is 6.44. The summed E-state index contributed by atoms with van der Waals surface area (Å²) in [6.07, 6.45) is 18.7. The summed E-state index contributed by atoms with van der Waals surface area (Å²) in [5.74, 6) is 3.09. The minimum atomic E-state index is -0.738. The van der Waals surface area contributed by atoms with Crippen LogP contribution in [0.15, 0.2) is 110 Å². The molecule has 0 spiro atoms. The largest absolute Gasteiger partial charge is 0.261 e. The highest BCUT2D eigenvalue weighted by Gasteiger charge is 2.58. The summed E-state index contributed by atoms with van der Waals surface area (Å²) in [6.45, 7) is 0. The third kappa shape index (κ3) is 4.40. The summed E-state index contributed by atoms with van der Waals surface area (Å²) < 4.78 is 0. The fourth-order valence-electron chi connectivity index (χ4n) is 9.35. The first-order valence-corrected chi connectivity index (χ1v) is 17.3. The van der Waals surface area contributed by atoms with E-state index in [2.05, 4.69) is 101 Å². The highest BCUT2D eigenvalue weighted by atomic mass is 31.0. The van der Waals surface area contributed by atoms with Gasteiger partial charge in [0.05, 0.1) is 28.9 Å². The zero-order chi connectivity index (χ0) is 29.7. The Morgan fingerprint density at radius 3 is 1.61 bits per heavy atom. The highest BCUT2D eigenvalue weighted by Crippen LogP contribution is 2.65. The van der Waals surface area contributed by atoms with Crippen LogP contribution < -0.4 is 0 Å². The maximum Gasteiger partial charge on any atom is 0.0967 e. The highest BCUT2D eigenvalue weighted by molar-refractivity contribution is 7.19. The Morgan fingerprint density at radius 1 is 0.659 bits per heavy atom. The van der Waals surface area contributed by atoms with Gasteiger partial charge in [0.15, 0.2) is 0 Å². The van der Waals surface area contributed by atoms with E-state index in [0.29, 0.717) is 11.8 Å². The van der Waals surface area contributed by atoms with Crippen molar-refractivity contribution in [1.29, 1.82) is 0 Å². The van der Waals surface area contributed by atoms with E-state index in [1.54, 1.807) is 24.8 Å². The zero-order valence-corrected chi connectivity index (χ0v) is 27.2. The zero-order valence-electron chi connectivity index (χ0n) is 24.9. The first-order chi connectivity index (χ1) is 21.6. The summed E-state index contributed by atoms with van der Waals surface area (Å²) in [5, 5.41) is -0.738. The van der Waals surface area contributed by atoms with Crippen molar-refractivity contribution in [3.8, 4) is 22.3 Å². The Hall–Kier alpha value is -3.32. The fraction of sp³-hybridized carbons (Fsp3) is 0.316. The number of rotatable bonds is 7. The molecule has 9 rings (SSSR count). The van der Waals surface area contributed by atoms with Gasteiger partial charge in [-0.15, -0.1) is 18.5 Å². The summed E-state index contributed by atoms with van der Waals surface area (Å²) in [5.41, 5.74) is 9.43. The van der Waals surface area contributed by atoms with Gasteiger partial charge < -0.3 is 0 Å². The molecular weight excluding hydrogens is 574 g/mol. The minimum Gasteiger partial charge on any atom is -0.261 e. The molecule has 6 heteroatoms. The molecular formula is C38H38N4P2. The van der Waals surface area contributed by atoms with Gasteiger partial charge in [0.2, 0.25) is 0 Å². The van der Waals surface area contributed by atoms with Crippen LogP contribution in [0.4, 0.5) is 0 Å². The number of hydrogen-bond acceptors (Lipinski definition) is 4. The number of hydrogen-bond donors (Lipinski definition) is 0. The van der Waals surface area contributed by atoms with Crippen LogP contribution in [0.3, 0.4) is 0 Å². The number of aromatic nitrogens is 4. The van der Waals surface area contributed by atoms with Gasteiger partial charge in [0.1, 0.15) is 0 Å². The normalized spacial score (nSPS) is 25.7. The smallest absolute Gasteiger partial charge is 0.0967 e. The second-order valence-corrected chi connectivity index (χ2v) is 14.5. The molecule has 4 aliphatic carbocycles. The van der Waals surface area contributed by atoms with Gasteiger partial charge in [-0.3, -0.25) is 19.9 Å². The van der Waals surface area contributed by atoms with E-state index in [0.717, 1.165) is 29.4 Å². The molecule has 3 aromatic carbocycles. The SMILES string of the molecule is PCC1(c2cc(-c3ccccc3)c(-c3ccccc3)cc2C(P)(c2cnccn2)c2cnccn2)C2CC3CC(C2)CC1C3. The summed E-state index contributed by atoms with van der Waals surface area (Å²) >= 11 is 0. The van der Waals surface area contributed by atoms with Crippen molar-refractivity contribution >= 4 is 18.5 Å². The maximum atomic E-state index is 4.96. The van der Waals surface area contributed by atoms with Crippen LogP contribution in [0.1, 0.15) is 54.6 Å². The van der Waals surface area contributed by atoms with E-state index in [1.165, 1.54) is 65.5 Å². The molecule has 4 nitrogen and oxygen atoms in total. The average molecular weight is 613 g/mol. The molecule has 2 heterocycles. The predicted octanol–water partition coefficient (Wildman–Crippen LogP) is 8.34. The first kappa shape index (κ1) is 28.2. The van der Waals surface area contributed by atoms with Crippen molar-refractivity contribution in [2.45, 2.75) is 42.7 Å². The fourth-order valence-corrected chi connectivity index (χ4v) is 10.8. The van der Waals surface area contributed by atoms with Gasteiger partial charge in [0, 0.05) is 30.2 Å². The van der Waals surface area contributed by atoms with Crippen LogP contribution in [-0.2, 0) is 10.6 Å². The lowest BCUT2D eigenvalue weighted by Gasteiger charge is -2.62. The lowest BCUT2D eigenvalue weighted by molar-refractivity contribution is -0.0504. The van der Waals surface area contributed by atoms with E-state index < -0.39 is 5.16 Å². The average Bonchev–Trinajstić information content (AvgIpc) is 3.09. The molecule has 4 bridgehead atoms. The molecule has 44 heavy (non-hydrogen) atoms.